The number of anilines is 2. The molecule has 3 N–H and O–H groups in total. The molecular formula is C41H38N4O5S2. The Hall–Kier alpha value is -5.52. The summed E-state index contributed by atoms with van der Waals surface area (Å²) in [6, 6.07) is 28.8. The monoisotopic (exact) mass is 730 g/mol. The second-order valence-corrected chi connectivity index (χ2v) is 14.6. The molecule has 0 spiro atoms. The van der Waals surface area contributed by atoms with Crippen molar-refractivity contribution < 1.29 is 23.9 Å². The van der Waals surface area contributed by atoms with Crippen LogP contribution in [0.5, 0.6) is 0 Å². The van der Waals surface area contributed by atoms with E-state index in [2.05, 4.69) is 27.9 Å². The van der Waals surface area contributed by atoms with Crippen LogP contribution in [0.4, 0.5) is 10.7 Å². The number of esters is 1. The summed E-state index contributed by atoms with van der Waals surface area (Å²) in [5.74, 6) is -1.18. The number of fused-ring (bicyclic) bond motifs is 1. The number of thiophene rings is 1. The van der Waals surface area contributed by atoms with Gasteiger partial charge in [0.05, 0.1) is 12.2 Å². The molecule has 0 bridgehead atoms. The lowest BCUT2D eigenvalue weighted by Crippen LogP contribution is -2.30. The van der Waals surface area contributed by atoms with Gasteiger partial charge in [0, 0.05) is 33.4 Å². The van der Waals surface area contributed by atoms with Crippen LogP contribution in [-0.2, 0) is 27.2 Å². The number of aromatic nitrogens is 1. The van der Waals surface area contributed by atoms with Gasteiger partial charge in [0.25, 0.3) is 11.8 Å². The van der Waals surface area contributed by atoms with Crippen molar-refractivity contribution in [1.82, 2.24) is 10.3 Å². The normalized spacial score (nSPS) is 14.4. The van der Waals surface area contributed by atoms with Crippen molar-refractivity contribution in [2.24, 2.45) is 5.92 Å². The van der Waals surface area contributed by atoms with Gasteiger partial charge in [-0.25, -0.2) is 4.79 Å². The number of thioether (sulfide) groups is 1. The number of nitrogens with zero attached hydrogens (tertiary/aromatic N) is 1. The van der Waals surface area contributed by atoms with E-state index >= 15 is 0 Å². The Kier molecular flexibility index (Phi) is 11.9. The molecule has 3 aromatic carbocycles. The summed E-state index contributed by atoms with van der Waals surface area (Å²) < 4.78 is 5.43. The second kappa shape index (κ2) is 17.1. The number of nitrogens with one attached hydrogen (secondary N) is 3. The van der Waals surface area contributed by atoms with Gasteiger partial charge in [0.2, 0.25) is 5.91 Å². The van der Waals surface area contributed by atoms with Crippen LogP contribution in [-0.4, -0.2) is 35.3 Å². The quantitative estimate of drug-likeness (QED) is 0.0670. The van der Waals surface area contributed by atoms with Crippen LogP contribution in [0.2, 0.25) is 0 Å². The molecule has 1 aliphatic rings. The number of rotatable bonds is 12. The van der Waals surface area contributed by atoms with Crippen molar-refractivity contribution in [3.05, 3.63) is 148 Å². The third kappa shape index (κ3) is 9.03. The second-order valence-electron chi connectivity index (χ2n) is 12.3. The van der Waals surface area contributed by atoms with Crippen LogP contribution in [0.1, 0.15) is 67.8 Å². The van der Waals surface area contributed by atoms with Crippen molar-refractivity contribution in [3.8, 4) is 0 Å². The Morgan fingerprint density at radius 2 is 1.73 bits per heavy atom. The van der Waals surface area contributed by atoms with Crippen LogP contribution >= 0.6 is 23.1 Å². The van der Waals surface area contributed by atoms with E-state index in [0.29, 0.717) is 33.3 Å². The first-order valence-corrected chi connectivity index (χ1v) is 18.7. The van der Waals surface area contributed by atoms with Gasteiger partial charge in [-0.1, -0.05) is 67.6 Å². The summed E-state index contributed by atoms with van der Waals surface area (Å²) >= 11 is 2.78. The number of carbonyl (C=O) groups is 4. The average molecular weight is 731 g/mol. The minimum atomic E-state index is -0.688. The summed E-state index contributed by atoms with van der Waals surface area (Å²) in [6.07, 6.45) is 7.37. The first-order chi connectivity index (χ1) is 25.3. The van der Waals surface area contributed by atoms with Crippen molar-refractivity contribution in [1.29, 1.82) is 0 Å². The predicted octanol–water partition coefficient (Wildman–Crippen LogP) is 8.33. The minimum Gasteiger partial charge on any atom is -0.462 e. The van der Waals surface area contributed by atoms with E-state index < -0.39 is 23.0 Å². The minimum absolute atomic E-state index is 0.0342. The van der Waals surface area contributed by atoms with Crippen molar-refractivity contribution in [3.63, 3.8) is 0 Å². The molecule has 2 heterocycles. The van der Waals surface area contributed by atoms with Crippen LogP contribution in [0, 0.1) is 5.92 Å². The average Bonchev–Trinajstić information content (AvgIpc) is 3.51. The fourth-order valence-corrected chi connectivity index (χ4v) is 8.37. The van der Waals surface area contributed by atoms with E-state index in [0.717, 1.165) is 40.2 Å². The summed E-state index contributed by atoms with van der Waals surface area (Å²) in [5, 5.41) is 8.55. The third-order valence-corrected chi connectivity index (χ3v) is 10.9. The van der Waals surface area contributed by atoms with Crippen molar-refractivity contribution in [2.45, 2.75) is 43.3 Å². The van der Waals surface area contributed by atoms with Crippen LogP contribution < -0.4 is 16.0 Å². The molecule has 0 aliphatic heterocycles. The Labute approximate surface area is 310 Å². The molecule has 0 saturated heterocycles. The van der Waals surface area contributed by atoms with Crippen LogP contribution in [0.15, 0.2) is 120 Å². The molecule has 52 heavy (non-hydrogen) atoms. The molecule has 5 aromatic rings. The lowest BCUT2D eigenvalue weighted by atomic mass is 9.88. The number of carbonyl (C=O) groups excluding carboxylic acids is 4. The highest BCUT2D eigenvalue weighted by molar-refractivity contribution is 8.00. The Bertz CT molecular complexity index is 2080. The molecule has 6 rings (SSSR count). The Morgan fingerprint density at radius 1 is 0.962 bits per heavy atom. The fourth-order valence-electron chi connectivity index (χ4n) is 5.89. The number of benzene rings is 3. The maximum atomic E-state index is 14.2. The predicted molar refractivity (Wildman–Crippen MR) is 206 cm³/mol. The summed E-state index contributed by atoms with van der Waals surface area (Å²) in [7, 11) is 0. The van der Waals surface area contributed by atoms with Gasteiger partial charge in [0.15, 0.2) is 0 Å². The maximum Gasteiger partial charge on any atom is 0.341 e. The number of amides is 3. The molecule has 1 aliphatic carbocycles. The van der Waals surface area contributed by atoms with Crippen LogP contribution in [0.3, 0.4) is 0 Å². The standard InChI is InChI=1S/C41H38N4O5S2/c1-3-50-41(49)35-32-20-19-26(2)22-34(32)52-40(35)45-39(48)36(28-13-6-4-7-14-28)51-31-18-10-17-30(24-31)43-38(47)33(23-27-12-11-21-42-25-27)44-37(46)29-15-8-5-9-16-29/h4-18,21,23-26,36H,3,19-20,22H2,1-2H3,(H,43,47)(H,44,46)(H,45,48)/b33-23-. The molecule has 0 fully saturated rings. The summed E-state index contributed by atoms with van der Waals surface area (Å²) in [6.45, 7) is 4.21. The van der Waals surface area contributed by atoms with E-state index in [1.165, 1.54) is 23.1 Å². The zero-order valence-electron chi connectivity index (χ0n) is 28.8. The first kappa shape index (κ1) is 36.3. The molecular weight excluding hydrogens is 693 g/mol. The Morgan fingerprint density at radius 3 is 2.46 bits per heavy atom. The molecule has 2 unspecified atom stereocenters. The maximum absolute atomic E-state index is 14.2. The van der Waals surface area contributed by atoms with Gasteiger partial charge in [0.1, 0.15) is 15.9 Å². The van der Waals surface area contributed by atoms with Gasteiger partial charge in [-0.05, 0) is 91.3 Å². The van der Waals surface area contributed by atoms with E-state index in [1.807, 2.05) is 42.5 Å². The molecule has 264 valence electrons. The van der Waals surface area contributed by atoms with Gasteiger partial charge >= 0.3 is 5.97 Å². The fraction of sp³-hybridized carbons (Fsp3) is 0.195. The van der Waals surface area contributed by atoms with E-state index in [9.17, 15) is 19.2 Å². The summed E-state index contributed by atoms with van der Waals surface area (Å²) in [4.78, 5) is 60.0. The molecule has 2 aromatic heterocycles. The topological polar surface area (TPSA) is 126 Å². The smallest absolute Gasteiger partial charge is 0.341 e. The number of ether oxygens (including phenoxy) is 1. The number of pyridine rings is 1. The van der Waals surface area contributed by atoms with E-state index in [4.69, 9.17) is 4.74 Å². The van der Waals surface area contributed by atoms with Crippen molar-refractivity contribution in [2.75, 3.05) is 17.2 Å². The third-order valence-electron chi connectivity index (χ3n) is 8.44. The molecule has 0 saturated carbocycles. The molecule has 0 radical (unpaired) electrons. The van der Waals surface area contributed by atoms with Gasteiger partial charge in [-0.3, -0.25) is 19.4 Å². The van der Waals surface area contributed by atoms with E-state index in [1.54, 1.807) is 80.0 Å². The number of hydrogen-bond acceptors (Lipinski definition) is 8. The van der Waals surface area contributed by atoms with E-state index in [-0.39, 0.29) is 18.2 Å². The highest BCUT2D eigenvalue weighted by atomic mass is 32.2. The lowest BCUT2D eigenvalue weighted by Gasteiger charge is -2.19. The zero-order valence-corrected chi connectivity index (χ0v) is 30.4. The molecule has 11 heteroatoms. The summed E-state index contributed by atoms with van der Waals surface area (Å²) in [5.41, 5.74) is 3.75. The van der Waals surface area contributed by atoms with Gasteiger partial charge in [-0.15, -0.1) is 23.1 Å². The molecule has 2 atom stereocenters. The zero-order chi connectivity index (χ0) is 36.5. The first-order valence-electron chi connectivity index (χ1n) is 17.0. The van der Waals surface area contributed by atoms with Crippen LogP contribution in [0.25, 0.3) is 6.08 Å². The van der Waals surface area contributed by atoms with Gasteiger partial charge < -0.3 is 20.7 Å². The highest BCUT2D eigenvalue weighted by Crippen LogP contribution is 2.42. The lowest BCUT2D eigenvalue weighted by molar-refractivity contribution is -0.116. The Balaban J connectivity index is 1.24. The van der Waals surface area contributed by atoms with Gasteiger partial charge in [-0.2, -0.15) is 0 Å². The molecule has 3 amide bonds. The number of hydrogen-bond donors (Lipinski definition) is 3. The van der Waals surface area contributed by atoms with Crippen molar-refractivity contribution >= 4 is 63.6 Å². The largest absolute Gasteiger partial charge is 0.462 e. The highest BCUT2D eigenvalue weighted by Gasteiger charge is 2.31. The SMILES string of the molecule is CCOC(=O)c1c(NC(=O)C(Sc2cccc(NC(=O)/C(=C/c3cccnc3)NC(=O)c3ccccc3)c2)c2ccccc2)sc2c1CCC(C)C2. The molecule has 9 nitrogen and oxygen atoms in total.